The Hall–Kier alpha value is -2.83. The van der Waals surface area contributed by atoms with Gasteiger partial charge in [-0.3, -0.25) is 4.79 Å². The van der Waals surface area contributed by atoms with Crippen LogP contribution in [0.15, 0.2) is 28.8 Å². The second-order valence-corrected chi connectivity index (χ2v) is 4.67. The molecule has 0 aliphatic carbocycles. The highest BCUT2D eigenvalue weighted by Gasteiger charge is 2.12. The molecule has 0 radical (unpaired) electrons. The number of aryl methyl sites for hydroxylation is 1. The molecule has 1 aromatic heterocycles. The second kappa shape index (κ2) is 6.75. The first kappa shape index (κ1) is 15.6. The number of carboxylic acid groups (broad SMARTS) is 1. The third-order valence-corrected chi connectivity index (χ3v) is 3.07. The molecule has 1 amide bonds. The molecule has 0 spiro atoms. The standard InChI is InChI=1S/C15H16N2O5/c1-9-7-13(22-17-9)14(18)16-6-5-10-3-4-11(15(19)20)8-12(10)21-2/h3-4,7-8H,5-6H2,1-2H3,(H,16,18)(H,19,20). The Kier molecular flexibility index (Phi) is 4.77. The summed E-state index contributed by atoms with van der Waals surface area (Å²) < 4.78 is 10.0. The number of hydrogen-bond acceptors (Lipinski definition) is 5. The molecule has 1 heterocycles. The van der Waals surface area contributed by atoms with Gasteiger partial charge >= 0.3 is 5.97 Å². The molecule has 0 atom stereocenters. The van der Waals surface area contributed by atoms with E-state index in [1.807, 2.05) is 0 Å². The summed E-state index contributed by atoms with van der Waals surface area (Å²) in [7, 11) is 1.47. The van der Waals surface area contributed by atoms with Crippen molar-refractivity contribution in [3.05, 3.63) is 46.8 Å². The molecule has 0 saturated heterocycles. The highest BCUT2D eigenvalue weighted by molar-refractivity contribution is 5.91. The zero-order chi connectivity index (χ0) is 16.1. The van der Waals surface area contributed by atoms with Crippen LogP contribution in [-0.4, -0.2) is 35.8 Å². The van der Waals surface area contributed by atoms with Crippen molar-refractivity contribution in [1.29, 1.82) is 0 Å². The molecule has 0 aliphatic rings. The van der Waals surface area contributed by atoms with Crippen LogP contribution in [0.5, 0.6) is 5.75 Å². The van der Waals surface area contributed by atoms with Crippen LogP contribution in [0, 0.1) is 6.92 Å². The van der Waals surface area contributed by atoms with E-state index in [4.69, 9.17) is 14.4 Å². The van der Waals surface area contributed by atoms with Gasteiger partial charge in [-0.25, -0.2) is 4.79 Å². The molecule has 0 fully saturated rings. The molecule has 7 heteroatoms. The van der Waals surface area contributed by atoms with Crippen LogP contribution in [0.25, 0.3) is 0 Å². The lowest BCUT2D eigenvalue weighted by atomic mass is 10.1. The van der Waals surface area contributed by atoms with Gasteiger partial charge in [0.05, 0.1) is 18.4 Å². The Balaban J connectivity index is 1.96. The first-order valence-corrected chi connectivity index (χ1v) is 6.63. The zero-order valence-corrected chi connectivity index (χ0v) is 12.3. The molecule has 1 aromatic carbocycles. The maximum Gasteiger partial charge on any atom is 0.335 e. The minimum absolute atomic E-state index is 0.154. The number of aromatic nitrogens is 1. The summed E-state index contributed by atoms with van der Waals surface area (Å²) in [4.78, 5) is 22.7. The molecule has 2 rings (SSSR count). The first-order chi connectivity index (χ1) is 10.5. The Labute approximate surface area is 126 Å². The smallest absolute Gasteiger partial charge is 0.335 e. The molecule has 2 N–H and O–H groups in total. The number of ether oxygens (including phenoxy) is 1. The summed E-state index contributed by atoms with van der Waals surface area (Å²) in [5.74, 6) is -0.726. The second-order valence-electron chi connectivity index (χ2n) is 4.67. The van der Waals surface area contributed by atoms with Crippen LogP contribution in [0.2, 0.25) is 0 Å². The number of aromatic carboxylic acids is 1. The Morgan fingerprint density at radius 1 is 1.36 bits per heavy atom. The van der Waals surface area contributed by atoms with Crippen molar-refractivity contribution in [3.63, 3.8) is 0 Å². The van der Waals surface area contributed by atoms with Crippen molar-refractivity contribution in [1.82, 2.24) is 10.5 Å². The van der Waals surface area contributed by atoms with Crippen molar-refractivity contribution in [2.24, 2.45) is 0 Å². The highest BCUT2D eigenvalue weighted by Crippen LogP contribution is 2.20. The lowest BCUT2D eigenvalue weighted by molar-refractivity contribution is 0.0696. The van der Waals surface area contributed by atoms with Gasteiger partial charge in [0.25, 0.3) is 5.91 Å². The van der Waals surface area contributed by atoms with Crippen molar-refractivity contribution < 1.29 is 24.0 Å². The maximum atomic E-state index is 11.8. The van der Waals surface area contributed by atoms with Crippen molar-refractivity contribution in [3.8, 4) is 5.75 Å². The average molecular weight is 304 g/mol. The number of methoxy groups -OCH3 is 1. The number of carbonyl (C=O) groups excluding carboxylic acids is 1. The van der Waals surface area contributed by atoms with E-state index in [1.165, 1.54) is 19.2 Å². The molecule has 22 heavy (non-hydrogen) atoms. The molecule has 7 nitrogen and oxygen atoms in total. The van der Waals surface area contributed by atoms with E-state index in [0.717, 1.165) is 5.56 Å². The monoisotopic (exact) mass is 304 g/mol. The van der Waals surface area contributed by atoms with E-state index >= 15 is 0 Å². The fraction of sp³-hybridized carbons (Fsp3) is 0.267. The van der Waals surface area contributed by atoms with Crippen LogP contribution in [0.4, 0.5) is 0 Å². The van der Waals surface area contributed by atoms with E-state index in [2.05, 4.69) is 10.5 Å². The summed E-state index contributed by atoms with van der Waals surface area (Å²) in [6.45, 7) is 2.09. The van der Waals surface area contributed by atoms with Gasteiger partial charge in [-0.15, -0.1) is 0 Å². The van der Waals surface area contributed by atoms with Crippen LogP contribution < -0.4 is 10.1 Å². The average Bonchev–Trinajstić information content (AvgIpc) is 2.93. The van der Waals surface area contributed by atoms with E-state index in [9.17, 15) is 9.59 Å². The number of carboxylic acids is 1. The molecular formula is C15H16N2O5. The topological polar surface area (TPSA) is 102 Å². The summed E-state index contributed by atoms with van der Waals surface area (Å²) in [5, 5.41) is 15.3. The maximum absolute atomic E-state index is 11.8. The van der Waals surface area contributed by atoms with Gasteiger partial charge in [-0.1, -0.05) is 11.2 Å². The van der Waals surface area contributed by atoms with E-state index in [-0.39, 0.29) is 17.2 Å². The van der Waals surface area contributed by atoms with Crippen LogP contribution in [0.1, 0.15) is 32.2 Å². The predicted octanol–water partition coefficient (Wildman–Crippen LogP) is 1.66. The lowest BCUT2D eigenvalue weighted by Gasteiger charge is -2.09. The largest absolute Gasteiger partial charge is 0.496 e. The first-order valence-electron chi connectivity index (χ1n) is 6.63. The minimum atomic E-state index is -1.01. The molecule has 0 bridgehead atoms. The van der Waals surface area contributed by atoms with Gasteiger partial charge in [0.15, 0.2) is 0 Å². The van der Waals surface area contributed by atoms with Crippen LogP contribution in [0.3, 0.4) is 0 Å². The van der Waals surface area contributed by atoms with Gasteiger partial charge < -0.3 is 19.7 Å². The lowest BCUT2D eigenvalue weighted by Crippen LogP contribution is -2.25. The summed E-state index contributed by atoms with van der Waals surface area (Å²) in [6.07, 6.45) is 0.502. The molecule has 0 unspecified atom stereocenters. The number of rotatable bonds is 6. The fourth-order valence-corrected chi connectivity index (χ4v) is 1.95. The molecule has 0 aliphatic heterocycles. The third-order valence-electron chi connectivity index (χ3n) is 3.07. The molecule has 116 valence electrons. The van der Waals surface area contributed by atoms with E-state index < -0.39 is 5.97 Å². The van der Waals surface area contributed by atoms with Crippen molar-refractivity contribution >= 4 is 11.9 Å². The number of hydrogen-bond donors (Lipinski definition) is 2. The summed E-state index contributed by atoms with van der Waals surface area (Å²) >= 11 is 0. The minimum Gasteiger partial charge on any atom is -0.496 e. The Bertz CT molecular complexity index is 693. The molecule has 0 saturated carbocycles. The van der Waals surface area contributed by atoms with E-state index in [1.54, 1.807) is 19.1 Å². The van der Waals surface area contributed by atoms with Crippen molar-refractivity contribution in [2.45, 2.75) is 13.3 Å². The van der Waals surface area contributed by atoms with Gasteiger partial charge in [-0.2, -0.15) is 0 Å². The van der Waals surface area contributed by atoms with Crippen LogP contribution >= 0.6 is 0 Å². The highest BCUT2D eigenvalue weighted by atomic mass is 16.5. The number of nitrogens with one attached hydrogen (secondary N) is 1. The number of amides is 1. The zero-order valence-electron chi connectivity index (χ0n) is 12.3. The fourth-order valence-electron chi connectivity index (χ4n) is 1.95. The summed E-state index contributed by atoms with van der Waals surface area (Å²) in [6, 6.07) is 6.19. The number of benzene rings is 1. The SMILES string of the molecule is COc1cc(C(=O)O)ccc1CCNC(=O)c1cc(C)no1. The number of carbonyl (C=O) groups is 2. The predicted molar refractivity (Wildman–Crippen MR) is 77.2 cm³/mol. The normalized spacial score (nSPS) is 10.3. The van der Waals surface area contributed by atoms with E-state index in [0.29, 0.717) is 24.4 Å². The Morgan fingerprint density at radius 2 is 2.14 bits per heavy atom. The number of nitrogens with zero attached hydrogens (tertiary/aromatic N) is 1. The van der Waals surface area contributed by atoms with Crippen LogP contribution in [-0.2, 0) is 6.42 Å². The quantitative estimate of drug-likeness (QED) is 0.841. The van der Waals surface area contributed by atoms with Crippen molar-refractivity contribution in [2.75, 3.05) is 13.7 Å². The summed E-state index contributed by atoms with van der Waals surface area (Å²) in [5.41, 5.74) is 1.60. The molecular weight excluding hydrogens is 288 g/mol. The van der Waals surface area contributed by atoms with Gasteiger partial charge in [0.1, 0.15) is 5.75 Å². The van der Waals surface area contributed by atoms with Gasteiger partial charge in [0.2, 0.25) is 5.76 Å². The van der Waals surface area contributed by atoms with Gasteiger partial charge in [-0.05, 0) is 31.0 Å². The van der Waals surface area contributed by atoms with Gasteiger partial charge in [0, 0.05) is 12.6 Å². The Morgan fingerprint density at radius 3 is 2.73 bits per heavy atom. The molecule has 2 aromatic rings. The third kappa shape index (κ3) is 3.63.